The number of unbranched alkanes of at least 4 members (excludes halogenated alkanes) is 1. The van der Waals surface area contributed by atoms with Crippen LogP contribution in [-0.4, -0.2) is 74.6 Å². The normalized spacial score (nSPS) is 12.2. The summed E-state index contributed by atoms with van der Waals surface area (Å²) in [6.45, 7) is -0.337. The van der Waals surface area contributed by atoms with Crippen LogP contribution in [-0.2, 0) is 33.9 Å². The summed E-state index contributed by atoms with van der Waals surface area (Å²) in [6, 6.07) is 5.50. The minimum Gasteiger partial charge on any atom is -0.480 e. The quantitative estimate of drug-likeness (QED) is 0.220. The third-order valence-electron chi connectivity index (χ3n) is 4.92. The Bertz CT molecular complexity index is 1000. The molecule has 13 nitrogen and oxygen atoms in total. The molecule has 0 saturated carbocycles. The van der Waals surface area contributed by atoms with E-state index in [-0.39, 0.29) is 38.2 Å². The number of alkyl carbamates (subject to hydrolysis) is 1. The van der Waals surface area contributed by atoms with Gasteiger partial charge in [0.1, 0.15) is 25.4 Å². The Morgan fingerprint density at radius 3 is 2.39 bits per heavy atom. The van der Waals surface area contributed by atoms with Crippen molar-refractivity contribution < 1.29 is 38.5 Å². The van der Waals surface area contributed by atoms with Crippen LogP contribution in [0.3, 0.4) is 0 Å². The van der Waals surface area contributed by atoms with Crippen LogP contribution < -0.4 is 16.0 Å². The van der Waals surface area contributed by atoms with Crippen molar-refractivity contribution in [3.05, 3.63) is 47.8 Å². The van der Waals surface area contributed by atoms with Gasteiger partial charge in [0, 0.05) is 19.2 Å². The lowest BCUT2D eigenvalue weighted by Crippen LogP contribution is -2.51. The number of aliphatic carboxylic acids is 2. The fourth-order valence-corrected chi connectivity index (χ4v) is 3.09. The summed E-state index contributed by atoms with van der Waals surface area (Å²) in [5.74, 6) is -2.65. The molecule has 0 radical (unpaired) electrons. The number of carbonyl (C=O) groups is 4. The van der Waals surface area contributed by atoms with Crippen LogP contribution in [0, 0.1) is 0 Å². The molecule has 196 valence electrons. The minimum absolute atomic E-state index is 0.0384. The summed E-state index contributed by atoms with van der Waals surface area (Å²) in [7, 11) is 0. The molecule has 1 heterocycles. The van der Waals surface area contributed by atoms with E-state index in [1.54, 1.807) is 0 Å². The Hall–Kier alpha value is -4.23. The number of carboxylic acid groups (broad SMARTS) is 2. The number of aromatic nitrogens is 3. The van der Waals surface area contributed by atoms with Crippen LogP contribution in [0.1, 0.15) is 30.5 Å². The molecule has 2 rings (SSSR count). The van der Waals surface area contributed by atoms with Crippen LogP contribution in [0.5, 0.6) is 0 Å². The van der Waals surface area contributed by atoms with Gasteiger partial charge in [-0.2, -0.15) is 0 Å². The minimum atomic E-state index is -1.40. The highest BCUT2D eigenvalue weighted by Crippen LogP contribution is 2.04. The zero-order chi connectivity index (χ0) is 26.3. The third kappa shape index (κ3) is 10.4. The molecule has 0 spiro atoms. The monoisotopic (exact) mass is 508 g/mol. The predicted molar refractivity (Wildman–Crippen MR) is 123 cm³/mol. The fourth-order valence-electron chi connectivity index (χ4n) is 3.09. The van der Waals surface area contributed by atoms with Gasteiger partial charge in [-0.15, -0.1) is 5.10 Å². The molecule has 2 aromatic rings. The van der Waals surface area contributed by atoms with Crippen molar-refractivity contribution in [1.82, 2.24) is 30.9 Å². The van der Waals surface area contributed by atoms with Gasteiger partial charge < -0.3 is 30.9 Å². The number of aryl methyl sites for hydroxylation is 1. The van der Waals surface area contributed by atoms with Crippen molar-refractivity contribution >= 4 is 24.1 Å². The number of urea groups is 1. The number of nitrogens with one attached hydrogen (secondary N) is 3. The van der Waals surface area contributed by atoms with Gasteiger partial charge in [0.05, 0.1) is 12.2 Å². The molecule has 36 heavy (non-hydrogen) atoms. The average molecular weight is 509 g/mol. The lowest BCUT2D eigenvalue weighted by Gasteiger charge is -2.18. The number of rotatable bonds is 15. The van der Waals surface area contributed by atoms with E-state index in [0.29, 0.717) is 12.8 Å². The molecule has 14 heteroatoms. The number of nitrogens with zero attached hydrogens (tertiary/aromatic N) is 3. The predicted octanol–water partition coefficient (Wildman–Crippen LogP) is 1.09. The highest BCUT2D eigenvalue weighted by atomic mass is 19.1. The largest absolute Gasteiger partial charge is 0.480 e. The molecule has 1 aromatic carbocycles. The number of halogens is 1. The molecule has 0 aliphatic heterocycles. The first-order valence-electron chi connectivity index (χ1n) is 11.2. The van der Waals surface area contributed by atoms with Crippen LogP contribution >= 0.6 is 0 Å². The summed E-state index contributed by atoms with van der Waals surface area (Å²) in [5.41, 5.74) is 1.07. The molecule has 3 amide bonds. The van der Waals surface area contributed by atoms with Gasteiger partial charge in [-0.3, -0.25) is 0 Å². The molecule has 5 N–H and O–H groups in total. The third-order valence-corrected chi connectivity index (χ3v) is 4.92. The van der Waals surface area contributed by atoms with Crippen LogP contribution in [0.15, 0.2) is 36.5 Å². The van der Waals surface area contributed by atoms with Gasteiger partial charge in [0.2, 0.25) is 0 Å². The number of hydrogen-bond acceptors (Lipinski definition) is 7. The zero-order valence-corrected chi connectivity index (χ0v) is 19.4. The standard InChI is InChI=1S/C22H29FN6O7/c23-9-11-29-13-16(27-28-29)12-18(20(32)33)26-21(34)25-17(19(30)31)8-4-5-10-24-22(35)36-14-15-6-2-1-3-7-15/h1-3,6-7,13,17-18H,4-5,8-12,14H2,(H,24,35)(H,30,31)(H,32,33)(H2,25,26,34). The second kappa shape index (κ2) is 14.9. The van der Waals surface area contributed by atoms with Gasteiger partial charge in [-0.1, -0.05) is 35.5 Å². The Morgan fingerprint density at radius 1 is 1.03 bits per heavy atom. The highest BCUT2D eigenvalue weighted by Gasteiger charge is 2.25. The van der Waals surface area contributed by atoms with Gasteiger partial charge in [-0.05, 0) is 24.8 Å². The van der Waals surface area contributed by atoms with E-state index in [9.17, 15) is 33.8 Å². The lowest BCUT2D eigenvalue weighted by atomic mass is 10.1. The SMILES string of the molecule is O=C(NC(CCCCNC(=O)OCc1ccccc1)C(=O)O)NC(Cc1cn(CCF)nn1)C(=O)O. The number of hydrogen-bond donors (Lipinski definition) is 5. The summed E-state index contributed by atoms with van der Waals surface area (Å²) in [4.78, 5) is 46.9. The zero-order valence-electron chi connectivity index (χ0n) is 19.4. The summed E-state index contributed by atoms with van der Waals surface area (Å²) < 4.78 is 18.7. The molecule has 2 atom stereocenters. The summed E-state index contributed by atoms with van der Waals surface area (Å²) in [6.07, 6.45) is 1.38. The maximum atomic E-state index is 12.4. The van der Waals surface area contributed by atoms with E-state index in [4.69, 9.17) is 4.74 Å². The summed E-state index contributed by atoms with van der Waals surface area (Å²) >= 11 is 0. The maximum Gasteiger partial charge on any atom is 0.407 e. The van der Waals surface area contributed by atoms with Crippen LogP contribution in [0.2, 0.25) is 0 Å². The number of carboxylic acids is 2. The van der Waals surface area contributed by atoms with E-state index < -0.39 is 42.8 Å². The van der Waals surface area contributed by atoms with Crippen LogP contribution in [0.4, 0.5) is 14.0 Å². The second-order valence-electron chi connectivity index (χ2n) is 7.75. The molecule has 0 saturated heterocycles. The van der Waals surface area contributed by atoms with Crippen molar-refractivity contribution in [3.63, 3.8) is 0 Å². The molecule has 0 fully saturated rings. The lowest BCUT2D eigenvalue weighted by molar-refractivity contribution is -0.139. The fraction of sp³-hybridized carbons (Fsp3) is 0.455. The van der Waals surface area contributed by atoms with E-state index >= 15 is 0 Å². The molecule has 2 unspecified atom stereocenters. The van der Waals surface area contributed by atoms with E-state index in [2.05, 4.69) is 26.3 Å². The average Bonchev–Trinajstić information content (AvgIpc) is 3.29. The van der Waals surface area contributed by atoms with Crippen molar-refractivity contribution in [1.29, 1.82) is 0 Å². The Kier molecular flexibility index (Phi) is 11.6. The first-order chi connectivity index (χ1) is 17.3. The topological polar surface area (TPSA) is 185 Å². The number of carbonyl (C=O) groups excluding carboxylic acids is 2. The van der Waals surface area contributed by atoms with Gasteiger partial charge >= 0.3 is 24.1 Å². The molecule has 1 aromatic heterocycles. The van der Waals surface area contributed by atoms with E-state index in [0.717, 1.165) is 5.56 Å². The van der Waals surface area contributed by atoms with Gasteiger partial charge in [0.15, 0.2) is 0 Å². The number of ether oxygens (including phenoxy) is 1. The maximum absolute atomic E-state index is 12.4. The van der Waals surface area contributed by atoms with Crippen molar-refractivity contribution in [3.8, 4) is 0 Å². The second-order valence-corrected chi connectivity index (χ2v) is 7.75. The van der Waals surface area contributed by atoms with E-state index in [1.165, 1.54) is 10.9 Å². The number of alkyl halides is 1. The Balaban J connectivity index is 1.71. The van der Waals surface area contributed by atoms with E-state index in [1.807, 2.05) is 30.3 Å². The van der Waals surface area contributed by atoms with Gasteiger partial charge in [0.25, 0.3) is 0 Å². The first kappa shape index (κ1) is 28.0. The number of amides is 3. The van der Waals surface area contributed by atoms with Crippen molar-refractivity contribution in [2.24, 2.45) is 0 Å². The molecular weight excluding hydrogens is 479 g/mol. The molecule has 0 bridgehead atoms. The van der Waals surface area contributed by atoms with Crippen molar-refractivity contribution in [2.45, 2.75) is 50.9 Å². The first-order valence-corrected chi connectivity index (χ1v) is 11.2. The molecular formula is C22H29FN6O7. The number of benzene rings is 1. The molecule has 0 aliphatic carbocycles. The summed E-state index contributed by atoms with van der Waals surface area (Å²) in [5, 5.41) is 33.1. The molecule has 0 aliphatic rings. The Morgan fingerprint density at radius 2 is 1.72 bits per heavy atom. The van der Waals surface area contributed by atoms with Crippen molar-refractivity contribution in [2.75, 3.05) is 13.2 Å². The van der Waals surface area contributed by atoms with Crippen LogP contribution in [0.25, 0.3) is 0 Å². The van der Waals surface area contributed by atoms with Gasteiger partial charge in [-0.25, -0.2) is 28.3 Å². The smallest absolute Gasteiger partial charge is 0.407 e. The highest BCUT2D eigenvalue weighted by molar-refractivity contribution is 5.86. The Labute approximate surface area is 206 Å².